The number of allylic oxidation sites excluding steroid dienone is 2. The van der Waals surface area contributed by atoms with E-state index in [-0.39, 0.29) is 5.82 Å². The average Bonchev–Trinajstić information content (AvgIpc) is 2.75. The maximum atomic E-state index is 14.8. The molecule has 0 saturated heterocycles. The molecule has 2 aromatic rings. The maximum absolute atomic E-state index is 14.8. The molecule has 0 heterocycles. The smallest absolute Gasteiger partial charge is 0.159 e. The minimum Gasteiger partial charge on any atom is -0.206 e. The summed E-state index contributed by atoms with van der Waals surface area (Å²) < 4.78 is 41.6. The molecule has 0 aliphatic heterocycles. The molecule has 0 atom stereocenters. The van der Waals surface area contributed by atoms with Crippen LogP contribution < -0.4 is 0 Å². The quantitative estimate of drug-likeness (QED) is 0.420. The highest BCUT2D eigenvalue weighted by atomic mass is 19.2. The van der Waals surface area contributed by atoms with Gasteiger partial charge >= 0.3 is 0 Å². The van der Waals surface area contributed by atoms with Crippen molar-refractivity contribution < 1.29 is 13.2 Å². The highest BCUT2D eigenvalue weighted by Gasteiger charge is 2.22. The van der Waals surface area contributed by atoms with Crippen LogP contribution in [0.25, 0.3) is 11.1 Å². The third-order valence-electron chi connectivity index (χ3n) is 7.09. The van der Waals surface area contributed by atoms with Gasteiger partial charge in [0.05, 0.1) is 0 Å². The van der Waals surface area contributed by atoms with Crippen molar-refractivity contribution in [3.8, 4) is 11.1 Å². The topological polar surface area (TPSA) is 0 Å². The van der Waals surface area contributed by atoms with Gasteiger partial charge in [0.25, 0.3) is 0 Å². The van der Waals surface area contributed by atoms with Crippen LogP contribution >= 0.6 is 0 Å². The first kappa shape index (κ1) is 21.2. The van der Waals surface area contributed by atoms with Crippen molar-refractivity contribution in [2.45, 2.75) is 71.1 Å². The maximum Gasteiger partial charge on any atom is 0.159 e. The Balaban J connectivity index is 1.38. The van der Waals surface area contributed by atoms with Crippen molar-refractivity contribution >= 4 is 0 Å². The lowest BCUT2D eigenvalue weighted by Gasteiger charge is -2.29. The van der Waals surface area contributed by atoms with E-state index in [1.807, 2.05) is 0 Å². The molecular weight excluding hydrogens is 381 g/mol. The van der Waals surface area contributed by atoms with E-state index in [0.717, 1.165) is 54.4 Å². The van der Waals surface area contributed by atoms with E-state index in [4.69, 9.17) is 0 Å². The van der Waals surface area contributed by atoms with E-state index < -0.39 is 11.6 Å². The van der Waals surface area contributed by atoms with E-state index in [0.29, 0.717) is 11.1 Å². The fourth-order valence-electron chi connectivity index (χ4n) is 5.27. The summed E-state index contributed by atoms with van der Waals surface area (Å²) in [5.41, 5.74) is 4.25. The molecule has 0 N–H and O–H groups in total. The SMILES string of the molecule is CCCC1CCC(CCC2=CCc3cc(-c4ccc(F)c(F)c4)c(F)cc3C2)CC1. The molecule has 4 rings (SSSR count). The van der Waals surface area contributed by atoms with Gasteiger partial charge in [0.1, 0.15) is 5.82 Å². The first-order valence-corrected chi connectivity index (χ1v) is 11.5. The van der Waals surface area contributed by atoms with Gasteiger partial charge in [-0.15, -0.1) is 0 Å². The van der Waals surface area contributed by atoms with Crippen molar-refractivity contribution in [1.82, 2.24) is 0 Å². The predicted molar refractivity (Wildman–Crippen MR) is 117 cm³/mol. The monoisotopic (exact) mass is 412 g/mol. The van der Waals surface area contributed by atoms with E-state index in [9.17, 15) is 13.2 Å². The van der Waals surface area contributed by atoms with E-state index in [2.05, 4.69) is 13.0 Å². The van der Waals surface area contributed by atoms with Crippen molar-refractivity contribution in [3.63, 3.8) is 0 Å². The Morgan fingerprint density at radius 1 is 0.800 bits per heavy atom. The number of rotatable bonds is 6. The van der Waals surface area contributed by atoms with Gasteiger partial charge < -0.3 is 0 Å². The summed E-state index contributed by atoms with van der Waals surface area (Å²) in [5, 5.41) is 0. The molecule has 1 fully saturated rings. The Hall–Kier alpha value is -2.03. The van der Waals surface area contributed by atoms with Gasteiger partial charge in [-0.05, 0) is 78.5 Å². The molecule has 3 heteroatoms. The second-order valence-electron chi connectivity index (χ2n) is 9.19. The number of hydrogen-bond donors (Lipinski definition) is 0. The molecule has 0 amide bonds. The average molecular weight is 413 g/mol. The molecule has 0 bridgehead atoms. The Kier molecular flexibility index (Phi) is 6.65. The summed E-state index contributed by atoms with van der Waals surface area (Å²) >= 11 is 0. The van der Waals surface area contributed by atoms with Crippen LogP contribution in [0.5, 0.6) is 0 Å². The lowest BCUT2D eigenvalue weighted by atomic mass is 9.77. The molecule has 1 saturated carbocycles. The Bertz CT molecular complexity index is 920. The zero-order valence-electron chi connectivity index (χ0n) is 17.8. The van der Waals surface area contributed by atoms with Crippen LogP contribution in [0, 0.1) is 29.3 Å². The molecule has 0 aromatic heterocycles. The highest BCUT2D eigenvalue weighted by molar-refractivity contribution is 5.66. The summed E-state index contributed by atoms with van der Waals surface area (Å²) in [6, 6.07) is 6.95. The molecule has 0 radical (unpaired) electrons. The highest BCUT2D eigenvalue weighted by Crippen LogP contribution is 2.36. The molecule has 30 heavy (non-hydrogen) atoms. The van der Waals surface area contributed by atoms with E-state index in [1.165, 1.54) is 56.6 Å². The third kappa shape index (κ3) is 4.82. The van der Waals surface area contributed by atoms with Crippen molar-refractivity contribution in [3.05, 3.63) is 70.6 Å². The van der Waals surface area contributed by atoms with Crippen molar-refractivity contribution in [2.24, 2.45) is 11.8 Å². The molecule has 2 aliphatic carbocycles. The molecule has 2 aromatic carbocycles. The largest absolute Gasteiger partial charge is 0.206 e. The first-order valence-electron chi connectivity index (χ1n) is 11.5. The minimum atomic E-state index is -0.949. The van der Waals surface area contributed by atoms with Crippen LogP contribution in [-0.4, -0.2) is 0 Å². The van der Waals surface area contributed by atoms with Gasteiger partial charge in [-0.1, -0.05) is 63.2 Å². The molecule has 0 nitrogen and oxygen atoms in total. The molecular formula is C27H31F3. The second kappa shape index (κ2) is 9.41. The fraction of sp³-hybridized carbons (Fsp3) is 0.481. The molecule has 0 spiro atoms. The fourth-order valence-corrected chi connectivity index (χ4v) is 5.27. The van der Waals surface area contributed by atoms with Gasteiger partial charge in [0.2, 0.25) is 0 Å². The summed E-state index contributed by atoms with van der Waals surface area (Å²) in [6.07, 6.45) is 14.4. The first-order chi connectivity index (χ1) is 14.5. The van der Waals surface area contributed by atoms with Gasteiger partial charge in [-0.25, -0.2) is 13.2 Å². The Labute approximate surface area is 178 Å². The number of fused-ring (bicyclic) bond motifs is 1. The van der Waals surface area contributed by atoms with Gasteiger partial charge in [0.15, 0.2) is 11.6 Å². The van der Waals surface area contributed by atoms with Crippen LogP contribution in [-0.2, 0) is 12.8 Å². The van der Waals surface area contributed by atoms with E-state index >= 15 is 0 Å². The van der Waals surface area contributed by atoms with Gasteiger partial charge in [0, 0.05) is 5.56 Å². The van der Waals surface area contributed by atoms with Crippen LogP contribution in [0.3, 0.4) is 0 Å². The van der Waals surface area contributed by atoms with Crippen LogP contribution in [0.1, 0.15) is 69.4 Å². The number of hydrogen-bond acceptors (Lipinski definition) is 0. The Morgan fingerprint density at radius 2 is 1.53 bits per heavy atom. The summed E-state index contributed by atoms with van der Waals surface area (Å²) in [6.45, 7) is 2.28. The number of halogens is 3. The molecule has 0 unspecified atom stereocenters. The molecule has 160 valence electrons. The van der Waals surface area contributed by atoms with Gasteiger partial charge in [-0.3, -0.25) is 0 Å². The predicted octanol–water partition coefficient (Wildman–Crippen LogP) is 8.18. The third-order valence-corrected chi connectivity index (χ3v) is 7.09. The van der Waals surface area contributed by atoms with Gasteiger partial charge in [-0.2, -0.15) is 0 Å². The normalized spacial score (nSPS) is 21.3. The van der Waals surface area contributed by atoms with Crippen LogP contribution in [0.15, 0.2) is 42.0 Å². The molecule has 2 aliphatic rings. The minimum absolute atomic E-state index is 0.341. The van der Waals surface area contributed by atoms with E-state index in [1.54, 1.807) is 12.1 Å². The summed E-state index contributed by atoms with van der Waals surface area (Å²) in [5.74, 6) is -0.444. The summed E-state index contributed by atoms with van der Waals surface area (Å²) in [7, 11) is 0. The van der Waals surface area contributed by atoms with Crippen LogP contribution in [0.2, 0.25) is 0 Å². The zero-order valence-corrected chi connectivity index (χ0v) is 17.8. The summed E-state index contributed by atoms with van der Waals surface area (Å²) in [4.78, 5) is 0. The Morgan fingerprint density at radius 3 is 2.23 bits per heavy atom. The lowest BCUT2D eigenvalue weighted by molar-refractivity contribution is 0.252. The number of benzene rings is 2. The van der Waals surface area contributed by atoms with Crippen molar-refractivity contribution in [1.29, 1.82) is 0 Å². The standard InChI is InChI=1S/C27H31F3/c1-2-3-18-4-6-19(7-5-18)8-9-20-10-11-21-15-24(26(29)17-23(21)14-20)22-12-13-25(28)27(30)16-22/h10,12-13,15-19H,2-9,11,14H2,1H3. The van der Waals surface area contributed by atoms with Crippen molar-refractivity contribution in [2.75, 3.05) is 0 Å². The second-order valence-corrected chi connectivity index (χ2v) is 9.19. The lowest BCUT2D eigenvalue weighted by Crippen LogP contribution is -2.15. The zero-order chi connectivity index (χ0) is 21.1. The van der Waals surface area contributed by atoms with Crippen LogP contribution in [0.4, 0.5) is 13.2 Å².